The molecule has 0 spiro atoms. The minimum atomic E-state index is -0.888. The Labute approximate surface area is 122 Å². The Bertz CT molecular complexity index is 669. The third kappa shape index (κ3) is 2.39. The van der Waals surface area contributed by atoms with Crippen LogP contribution in [0, 0.1) is 6.92 Å². The second-order valence-corrected chi connectivity index (χ2v) is 5.94. The van der Waals surface area contributed by atoms with Crippen molar-refractivity contribution in [2.24, 2.45) is 0 Å². The van der Waals surface area contributed by atoms with Crippen molar-refractivity contribution in [2.75, 3.05) is 11.1 Å². The van der Waals surface area contributed by atoms with E-state index in [1.54, 1.807) is 12.1 Å². The van der Waals surface area contributed by atoms with Crippen LogP contribution in [0.5, 0.6) is 0 Å². The minimum Gasteiger partial charge on any atom is -0.478 e. The molecule has 1 aliphatic rings. The fraction of sp³-hybridized carbons (Fsp3) is 0.188. The summed E-state index contributed by atoms with van der Waals surface area (Å²) in [5.41, 5.74) is 3.60. The summed E-state index contributed by atoms with van der Waals surface area (Å²) in [6.45, 7) is 1.93. The number of hydrogen-bond donors (Lipinski definition) is 2. The molecule has 1 unspecified atom stereocenters. The summed E-state index contributed by atoms with van der Waals surface area (Å²) in [6.07, 6.45) is 0. The number of carbonyl (C=O) groups is 1. The Morgan fingerprint density at radius 2 is 2.10 bits per heavy atom. The third-order valence-electron chi connectivity index (χ3n) is 3.50. The van der Waals surface area contributed by atoms with Crippen molar-refractivity contribution in [1.82, 2.24) is 0 Å². The zero-order valence-electron chi connectivity index (χ0n) is 11.1. The first-order valence-corrected chi connectivity index (χ1v) is 7.46. The minimum absolute atomic E-state index is 0.283. The van der Waals surface area contributed by atoms with Crippen molar-refractivity contribution in [3.8, 4) is 0 Å². The predicted octanol–water partition coefficient (Wildman–Crippen LogP) is 3.95. The van der Waals surface area contributed by atoms with Gasteiger partial charge in [-0.2, -0.15) is 0 Å². The van der Waals surface area contributed by atoms with Gasteiger partial charge in [-0.25, -0.2) is 4.79 Å². The molecule has 4 heteroatoms. The molecule has 0 fully saturated rings. The molecule has 102 valence electrons. The van der Waals surface area contributed by atoms with E-state index in [2.05, 4.69) is 29.6 Å². The number of hydrogen-bond acceptors (Lipinski definition) is 3. The van der Waals surface area contributed by atoms with Crippen molar-refractivity contribution in [1.29, 1.82) is 0 Å². The van der Waals surface area contributed by atoms with Gasteiger partial charge in [0, 0.05) is 16.3 Å². The molecule has 3 nitrogen and oxygen atoms in total. The van der Waals surface area contributed by atoms with Gasteiger partial charge in [0.1, 0.15) is 0 Å². The molecule has 1 atom stereocenters. The maximum absolute atomic E-state index is 10.9. The zero-order valence-corrected chi connectivity index (χ0v) is 11.9. The Kier molecular flexibility index (Phi) is 3.40. The van der Waals surface area contributed by atoms with Crippen molar-refractivity contribution >= 4 is 23.4 Å². The smallest absolute Gasteiger partial charge is 0.335 e. The van der Waals surface area contributed by atoms with Gasteiger partial charge >= 0.3 is 5.97 Å². The van der Waals surface area contributed by atoms with E-state index >= 15 is 0 Å². The number of carboxylic acids is 1. The van der Waals surface area contributed by atoms with E-state index < -0.39 is 5.97 Å². The zero-order chi connectivity index (χ0) is 14.1. The number of rotatable bonds is 3. The second-order valence-electron chi connectivity index (χ2n) is 4.88. The van der Waals surface area contributed by atoms with Crippen LogP contribution >= 0.6 is 11.8 Å². The Balaban J connectivity index is 1.84. The molecule has 0 saturated heterocycles. The van der Waals surface area contributed by atoms with Crippen LogP contribution in [0.1, 0.15) is 27.5 Å². The van der Waals surface area contributed by atoms with Crippen LogP contribution in [0.3, 0.4) is 0 Å². The number of fused-ring (bicyclic) bond motifs is 1. The average molecular weight is 285 g/mol. The summed E-state index contributed by atoms with van der Waals surface area (Å²) in [7, 11) is 0. The molecule has 1 aliphatic heterocycles. The molecule has 1 heterocycles. The molecule has 2 aromatic carbocycles. The maximum atomic E-state index is 10.9. The predicted molar refractivity (Wildman–Crippen MR) is 81.7 cm³/mol. The van der Waals surface area contributed by atoms with Crippen LogP contribution < -0.4 is 5.32 Å². The fourth-order valence-corrected chi connectivity index (χ4v) is 3.59. The quantitative estimate of drug-likeness (QED) is 0.896. The van der Waals surface area contributed by atoms with Crippen LogP contribution in [0.25, 0.3) is 0 Å². The van der Waals surface area contributed by atoms with Gasteiger partial charge in [0.2, 0.25) is 0 Å². The number of anilines is 1. The topological polar surface area (TPSA) is 49.3 Å². The van der Waals surface area contributed by atoms with Crippen molar-refractivity contribution < 1.29 is 9.90 Å². The van der Waals surface area contributed by atoms with E-state index in [-0.39, 0.29) is 6.04 Å². The maximum Gasteiger partial charge on any atom is 0.335 e. The SMILES string of the molecule is Cc1cc(C(=O)O)ccc1NC1CSc2ccccc21. The highest BCUT2D eigenvalue weighted by molar-refractivity contribution is 7.99. The number of aromatic carboxylic acids is 1. The molecule has 20 heavy (non-hydrogen) atoms. The molecule has 2 aromatic rings. The summed E-state index contributed by atoms with van der Waals surface area (Å²) in [4.78, 5) is 12.3. The van der Waals surface area contributed by atoms with Gasteiger partial charge in [-0.3, -0.25) is 0 Å². The van der Waals surface area contributed by atoms with Crippen LogP contribution in [-0.2, 0) is 0 Å². The molecular weight excluding hydrogens is 270 g/mol. The normalized spacial score (nSPS) is 16.8. The van der Waals surface area contributed by atoms with E-state index in [0.29, 0.717) is 5.56 Å². The fourth-order valence-electron chi connectivity index (χ4n) is 2.43. The summed E-state index contributed by atoms with van der Waals surface area (Å²) >= 11 is 1.85. The molecular formula is C16H15NO2S. The van der Waals surface area contributed by atoms with Gasteiger partial charge in [0.15, 0.2) is 0 Å². The molecule has 0 radical (unpaired) electrons. The number of benzene rings is 2. The van der Waals surface area contributed by atoms with Gasteiger partial charge < -0.3 is 10.4 Å². The highest BCUT2D eigenvalue weighted by atomic mass is 32.2. The van der Waals surface area contributed by atoms with Crippen molar-refractivity contribution in [3.63, 3.8) is 0 Å². The first-order chi connectivity index (χ1) is 9.65. The number of aryl methyl sites for hydroxylation is 1. The van der Waals surface area contributed by atoms with Gasteiger partial charge in [-0.05, 0) is 42.3 Å². The Hall–Kier alpha value is -1.94. The van der Waals surface area contributed by atoms with Gasteiger partial charge in [-0.15, -0.1) is 11.8 Å². The van der Waals surface area contributed by atoms with E-state index in [0.717, 1.165) is 17.0 Å². The highest BCUT2D eigenvalue weighted by Crippen LogP contribution is 2.39. The van der Waals surface area contributed by atoms with E-state index in [4.69, 9.17) is 5.11 Å². The van der Waals surface area contributed by atoms with E-state index in [1.807, 2.05) is 24.8 Å². The lowest BCUT2D eigenvalue weighted by Crippen LogP contribution is -2.11. The van der Waals surface area contributed by atoms with Gasteiger partial charge in [0.25, 0.3) is 0 Å². The van der Waals surface area contributed by atoms with Crippen molar-refractivity contribution in [3.05, 3.63) is 59.2 Å². The van der Waals surface area contributed by atoms with E-state index in [9.17, 15) is 4.79 Å². The van der Waals surface area contributed by atoms with Crippen molar-refractivity contribution in [2.45, 2.75) is 17.9 Å². The van der Waals surface area contributed by atoms with Gasteiger partial charge in [0.05, 0.1) is 11.6 Å². The summed E-state index contributed by atoms with van der Waals surface area (Å²) in [6, 6.07) is 13.9. The van der Waals surface area contributed by atoms with Crippen LogP contribution in [-0.4, -0.2) is 16.8 Å². The lowest BCUT2D eigenvalue weighted by atomic mass is 10.1. The number of carboxylic acid groups (broad SMARTS) is 1. The first kappa shape index (κ1) is 13.1. The standard InChI is InChI=1S/C16H15NO2S/c1-10-8-11(16(18)19)6-7-13(10)17-14-9-20-15-5-3-2-4-12(14)15/h2-8,14,17H,9H2,1H3,(H,18,19). The lowest BCUT2D eigenvalue weighted by molar-refractivity contribution is 0.0697. The summed E-state index contributed by atoms with van der Waals surface area (Å²) < 4.78 is 0. The second kappa shape index (κ2) is 5.21. The van der Waals surface area contributed by atoms with Crippen LogP contribution in [0.15, 0.2) is 47.4 Å². The summed E-state index contributed by atoms with van der Waals surface area (Å²) in [5.74, 6) is 0.112. The number of thioether (sulfide) groups is 1. The van der Waals surface area contributed by atoms with Gasteiger partial charge in [-0.1, -0.05) is 18.2 Å². The van der Waals surface area contributed by atoms with Crippen LogP contribution in [0.2, 0.25) is 0 Å². The first-order valence-electron chi connectivity index (χ1n) is 6.47. The average Bonchev–Trinajstić information content (AvgIpc) is 2.84. The monoisotopic (exact) mass is 285 g/mol. The molecule has 0 aliphatic carbocycles. The lowest BCUT2D eigenvalue weighted by Gasteiger charge is -2.17. The molecule has 2 N–H and O–H groups in total. The van der Waals surface area contributed by atoms with Crippen LogP contribution in [0.4, 0.5) is 5.69 Å². The number of nitrogens with one attached hydrogen (secondary N) is 1. The third-order valence-corrected chi connectivity index (χ3v) is 4.69. The summed E-state index contributed by atoms with van der Waals surface area (Å²) in [5, 5.41) is 12.5. The largest absolute Gasteiger partial charge is 0.478 e. The Morgan fingerprint density at radius 3 is 2.85 bits per heavy atom. The highest BCUT2D eigenvalue weighted by Gasteiger charge is 2.22. The molecule has 0 saturated carbocycles. The molecule has 0 amide bonds. The van der Waals surface area contributed by atoms with E-state index in [1.165, 1.54) is 10.5 Å². The Morgan fingerprint density at radius 1 is 1.30 bits per heavy atom. The molecule has 0 bridgehead atoms. The molecule has 3 rings (SSSR count). The molecule has 0 aromatic heterocycles.